The van der Waals surface area contributed by atoms with Gasteiger partial charge in [0, 0.05) is 12.5 Å². The molecule has 1 N–H and O–H groups in total. The minimum atomic E-state index is -0.714. The third-order valence-corrected chi connectivity index (χ3v) is 8.20. The van der Waals surface area contributed by atoms with E-state index in [-0.39, 0.29) is 11.8 Å². The first-order chi connectivity index (χ1) is 16.1. The van der Waals surface area contributed by atoms with Gasteiger partial charge in [-0.3, -0.25) is 4.79 Å². The predicted octanol–water partition coefficient (Wildman–Crippen LogP) is 3.43. The number of Topliss-reactive ketones (excluding diaryl/α,β-unsaturated/α-hetero) is 1. The fourth-order valence-corrected chi connectivity index (χ4v) is 6.17. The molecule has 9 nitrogen and oxygen atoms in total. The van der Waals surface area contributed by atoms with E-state index in [1.165, 1.54) is 6.42 Å². The van der Waals surface area contributed by atoms with E-state index in [4.69, 9.17) is 19.2 Å². The molecule has 10 heteroatoms. The summed E-state index contributed by atoms with van der Waals surface area (Å²) >= 11 is 1.56. The number of ether oxygens (including phenoxy) is 1. The number of hydrogen-bond acceptors (Lipinski definition) is 9. The normalized spacial score (nSPS) is 26.2. The summed E-state index contributed by atoms with van der Waals surface area (Å²) in [6.45, 7) is 3.93. The Morgan fingerprint density at radius 2 is 2.21 bits per heavy atom. The van der Waals surface area contributed by atoms with E-state index in [0.717, 1.165) is 53.9 Å². The molecule has 1 saturated heterocycles. The molecule has 0 amide bonds. The van der Waals surface area contributed by atoms with Crippen LogP contribution in [-0.2, 0) is 21.6 Å². The number of nitrogens with zero attached hydrogens (tertiary/aromatic N) is 5. The number of rotatable bonds is 4. The number of aromatic nitrogens is 5. The van der Waals surface area contributed by atoms with Crippen LogP contribution in [0, 0.1) is 0 Å². The fourth-order valence-electron chi connectivity index (χ4n) is 5.62. The Labute approximate surface area is 196 Å². The van der Waals surface area contributed by atoms with Gasteiger partial charge in [0.2, 0.25) is 0 Å². The average Bonchev–Trinajstić information content (AvgIpc) is 3.59. The highest BCUT2D eigenvalue weighted by Gasteiger charge is 2.49. The summed E-state index contributed by atoms with van der Waals surface area (Å²) in [5.41, 5.74) is 1.45. The van der Waals surface area contributed by atoms with E-state index in [9.17, 15) is 4.79 Å². The monoisotopic (exact) mass is 468 g/mol. The van der Waals surface area contributed by atoms with Crippen LogP contribution in [-0.4, -0.2) is 56.1 Å². The molecule has 1 spiro atoms. The molecule has 1 aliphatic carbocycles. The van der Waals surface area contributed by atoms with Crippen molar-refractivity contribution in [2.75, 3.05) is 19.4 Å². The second-order valence-corrected chi connectivity index (χ2v) is 10.2. The van der Waals surface area contributed by atoms with Crippen LogP contribution < -0.4 is 5.32 Å². The molecule has 1 unspecified atom stereocenters. The zero-order valence-electron chi connectivity index (χ0n) is 19.0. The van der Waals surface area contributed by atoms with Gasteiger partial charge < -0.3 is 14.6 Å². The maximum atomic E-state index is 12.9. The molecule has 3 aliphatic rings. The topological polar surface area (TPSA) is 108 Å². The molecular formula is C23H28N6O3S. The van der Waals surface area contributed by atoms with Gasteiger partial charge in [-0.1, -0.05) is 11.6 Å². The van der Waals surface area contributed by atoms with Crippen LogP contribution in [0.1, 0.15) is 62.8 Å². The van der Waals surface area contributed by atoms with Gasteiger partial charge >= 0.3 is 0 Å². The Morgan fingerprint density at radius 1 is 1.30 bits per heavy atom. The van der Waals surface area contributed by atoms with Crippen molar-refractivity contribution in [1.82, 2.24) is 30.2 Å². The first-order valence-corrected chi connectivity index (χ1v) is 13.0. The molecule has 2 fully saturated rings. The molecule has 0 radical (unpaired) electrons. The van der Waals surface area contributed by atoms with Gasteiger partial charge in [-0.2, -0.15) is 5.10 Å². The lowest BCUT2D eigenvalue weighted by atomic mass is 9.70. The molecule has 3 aromatic heterocycles. The van der Waals surface area contributed by atoms with E-state index in [0.29, 0.717) is 43.0 Å². The van der Waals surface area contributed by atoms with Crippen LogP contribution >= 0.6 is 11.8 Å². The molecule has 1 saturated carbocycles. The Hall–Kier alpha value is -2.30. The summed E-state index contributed by atoms with van der Waals surface area (Å²) in [7, 11) is 0. The maximum Gasteiger partial charge on any atom is 0.185 e. The molecule has 0 aromatic carbocycles. The Bertz CT molecular complexity index is 1220. The standard InChI is InChI=1S/C23H28N6O3S/c1-13(16-6-5-9-24-16)29-21-14(10-25-29)22(33-2)27-20(26-21)18-15-11-31-12-23(19(15)32-28-18)8-4-3-7-17(23)30/h10,13,16,24H,3-9,11-12H2,1-2H3/t13-,16-,23?/m0/s1. The van der Waals surface area contributed by atoms with Gasteiger partial charge in [0.05, 0.1) is 36.4 Å². The number of carbonyl (C=O) groups excluding carboxylic acids is 1. The van der Waals surface area contributed by atoms with Crippen molar-refractivity contribution in [3.05, 3.63) is 17.5 Å². The minimum Gasteiger partial charge on any atom is -0.375 e. The lowest BCUT2D eigenvalue weighted by Gasteiger charge is -2.36. The second kappa shape index (κ2) is 8.18. The first-order valence-electron chi connectivity index (χ1n) is 11.8. The summed E-state index contributed by atoms with van der Waals surface area (Å²) in [5, 5.41) is 14.4. The van der Waals surface area contributed by atoms with Crippen LogP contribution in [0.25, 0.3) is 22.6 Å². The summed E-state index contributed by atoms with van der Waals surface area (Å²) in [4.78, 5) is 22.7. The lowest BCUT2D eigenvalue weighted by Crippen LogP contribution is -2.45. The molecule has 33 heavy (non-hydrogen) atoms. The van der Waals surface area contributed by atoms with Gasteiger partial charge in [-0.05, 0) is 45.4 Å². The van der Waals surface area contributed by atoms with Crippen LogP contribution in [0.15, 0.2) is 15.7 Å². The number of fused-ring (bicyclic) bond motifs is 3. The summed E-state index contributed by atoms with van der Waals surface area (Å²) in [6.07, 6.45) is 9.36. The third kappa shape index (κ3) is 3.25. The number of nitrogens with one attached hydrogen (secondary N) is 1. The van der Waals surface area contributed by atoms with E-state index in [2.05, 4.69) is 22.5 Å². The average molecular weight is 469 g/mol. The lowest BCUT2D eigenvalue weighted by molar-refractivity contribution is -0.132. The van der Waals surface area contributed by atoms with Crippen LogP contribution in [0.5, 0.6) is 0 Å². The zero-order valence-corrected chi connectivity index (χ0v) is 19.8. The summed E-state index contributed by atoms with van der Waals surface area (Å²) in [6, 6.07) is 0.537. The summed E-state index contributed by atoms with van der Waals surface area (Å²) < 4.78 is 13.8. The highest BCUT2D eigenvalue weighted by Crippen LogP contribution is 2.44. The third-order valence-electron chi connectivity index (χ3n) is 7.50. The molecule has 5 heterocycles. The second-order valence-electron chi connectivity index (χ2n) is 9.37. The molecule has 0 bridgehead atoms. The molecule has 174 valence electrons. The molecule has 3 aromatic rings. The highest BCUT2D eigenvalue weighted by molar-refractivity contribution is 7.98. The Kier molecular flexibility index (Phi) is 5.26. The maximum absolute atomic E-state index is 12.9. The van der Waals surface area contributed by atoms with Crippen molar-refractivity contribution in [1.29, 1.82) is 0 Å². The van der Waals surface area contributed by atoms with Crippen molar-refractivity contribution in [2.24, 2.45) is 0 Å². The molecular weight excluding hydrogens is 440 g/mol. The van der Waals surface area contributed by atoms with E-state index in [1.807, 2.05) is 17.1 Å². The smallest absolute Gasteiger partial charge is 0.185 e. The van der Waals surface area contributed by atoms with Crippen molar-refractivity contribution >= 4 is 28.6 Å². The number of carbonyl (C=O) groups is 1. The Morgan fingerprint density at radius 3 is 3.00 bits per heavy atom. The van der Waals surface area contributed by atoms with E-state index in [1.54, 1.807) is 11.8 Å². The summed E-state index contributed by atoms with van der Waals surface area (Å²) in [5.74, 6) is 1.34. The van der Waals surface area contributed by atoms with Crippen molar-refractivity contribution < 1.29 is 14.1 Å². The zero-order chi connectivity index (χ0) is 22.6. The molecule has 3 atom stereocenters. The molecule has 2 aliphatic heterocycles. The first kappa shape index (κ1) is 21.2. The van der Waals surface area contributed by atoms with Gasteiger partial charge in [-0.25, -0.2) is 14.6 Å². The van der Waals surface area contributed by atoms with Gasteiger partial charge in [-0.15, -0.1) is 11.8 Å². The highest BCUT2D eigenvalue weighted by atomic mass is 32.2. The number of ketones is 1. The SMILES string of the molecule is CSc1nc(-c2noc3c2COCC32CCCCC2=O)nc2c1cnn2[C@@H](C)[C@@H]1CCCN1. The van der Waals surface area contributed by atoms with Gasteiger partial charge in [0.1, 0.15) is 16.2 Å². The quantitative estimate of drug-likeness (QED) is 0.455. The van der Waals surface area contributed by atoms with Crippen molar-refractivity contribution in [2.45, 2.75) is 74.6 Å². The van der Waals surface area contributed by atoms with Crippen molar-refractivity contribution in [3.63, 3.8) is 0 Å². The van der Waals surface area contributed by atoms with Crippen LogP contribution in [0.4, 0.5) is 0 Å². The Balaban J connectivity index is 1.47. The van der Waals surface area contributed by atoms with Gasteiger partial charge in [0.25, 0.3) is 0 Å². The largest absolute Gasteiger partial charge is 0.375 e. The number of hydrogen-bond donors (Lipinski definition) is 1. The molecule has 6 rings (SSSR count). The van der Waals surface area contributed by atoms with E-state index >= 15 is 0 Å². The van der Waals surface area contributed by atoms with E-state index < -0.39 is 5.41 Å². The van der Waals surface area contributed by atoms with Crippen LogP contribution in [0.3, 0.4) is 0 Å². The van der Waals surface area contributed by atoms with Gasteiger partial charge in [0.15, 0.2) is 22.9 Å². The predicted molar refractivity (Wildman–Crippen MR) is 123 cm³/mol. The van der Waals surface area contributed by atoms with Crippen molar-refractivity contribution in [3.8, 4) is 11.5 Å². The van der Waals surface area contributed by atoms with Crippen LogP contribution in [0.2, 0.25) is 0 Å². The fraction of sp³-hybridized carbons (Fsp3) is 0.609. The minimum absolute atomic E-state index is 0.167. The number of thioether (sulfide) groups is 1.